The van der Waals surface area contributed by atoms with Crippen molar-refractivity contribution in [1.29, 1.82) is 0 Å². The molecule has 1 saturated heterocycles. The Balaban J connectivity index is 2.27. The summed E-state index contributed by atoms with van der Waals surface area (Å²) in [5.74, 6) is 1.15. The maximum absolute atomic E-state index is 12.3. The Bertz CT molecular complexity index is 476. The van der Waals surface area contributed by atoms with Crippen LogP contribution in [0.4, 0.5) is 0 Å². The lowest BCUT2D eigenvalue weighted by Crippen LogP contribution is -2.50. The molecule has 0 spiro atoms. The molecule has 5 nitrogen and oxygen atoms in total. The molecule has 0 unspecified atom stereocenters. The summed E-state index contributed by atoms with van der Waals surface area (Å²) in [5, 5.41) is 2.70. The summed E-state index contributed by atoms with van der Waals surface area (Å²) in [6.07, 6.45) is 0. The second-order valence-electron chi connectivity index (χ2n) is 4.29. The normalized spacial score (nSPS) is 15.9. The highest BCUT2D eigenvalue weighted by molar-refractivity contribution is 5.99. The Kier molecular flexibility index (Phi) is 2.92. The van der Waals surface area contributed by atoms with Crippen LogP contribution in [0.15, 0.2) is 4.42 Å². The van der Waals surface area contributed by atoms with Crippen LogP contribution in [0.2, 0.25) is 0 Å². The van der Waals surface area contributed by atoms with Crippen molar-refractivity contribution in [2.75, 3.05) is 19.6 Å². The number of aryl methyl sites for hydroxylation is 2. The first kappa shape index (κ1) is 11.7. The topological polar surface area (TPSA) is 62.6 Å². The summed E-state index contributed by atoms with van der Waals surface area (Å²) >= 11 is 0. The summed E-state index contributed by atoms with van der Waals surface area (Å²) in [6, 6.07) is 0. The third-order valence-electron chi connectivity index (χ3n) is 3.10. The van der Waals surface area contributed by atoms with E-state index in [1.165, 1.54) is 0 Å². The summed E-state index contributed by atoms with van der Waals surface area (Å²) in [5.41, 5.74) is 1.45. The van der Waals surface area contributed by atoms with Gasteiger partial charge in [-0.05, 0) is 20.8 Å². The van der Waals surface area contributed by atoms with Gasteiger partial charge < -0.3 is 14.6 Å². The van der Waals surface area contributed by atoms with Crippen molar-refractivity contribution in [3.63, 3.8) is 0 Å². The minimum Gasteiger partial charge on any atom is -0.466 e. The van der Waals surface area contributed by atoms with E-state index in [0.717, 1.165) is 11.3 Å². The molecule has 1 aliphatic rings. The standard InChI is InChI=1S/C12H16N2O3/c1-7-8(2)17-9(3)11(7)12(16)14-5-4-13-10(15)6-14/h4-6H2,1-3H3,(H,13,15). The number of hydrogen-bond acceptors (Lipinski definition) is 3. The van der Waals surface area contributed by atoms with Crippen LogP contribution in [0, 0.1) is 20.8 Å². The quantitative estimate of drug-likeness (QED) is 0.783. The number of nitrogens with zero attached hydrogens (tertiary/aromatic N) is 1. The summed E-state index contributed by atoms with van der Waals surface area (Å²) in [7, 11) is 0. The van der Waals surface area contributed by atoms with Gasteiger partial charge in [-0.2, -0.15) is 0 Å². The molecule has 0 saturated carbocycles. The zero-order chi connectivity index (χ0) is 12.6. The smallest absolute Gasteiger partial charge is 0.258 e. The van der Waals surface area contributed by atoms with Gasteiger partial charge in [-0.3, -0.25) is 9.59 Å². The largest absolute Gasteiger partial charge is 0.466 e. The van der Waals surface area contributed by atoms with Gasteiger partial charge in [-0.25, -0.2) is 0 Å². The van der Waals surface area contributed by atoms with Gasteiger partial charge in [0, 0.05) is 18.7 Å². The molecule has 0 aliphatic carbocycles. The van der Waals surface area contributed by atoms with Gasteiger partial charge in [0.1, 0.15) is 11.5 Å². The molecule has 1 aliphatic heterocycles. The summed E-state index contributed by atoms with van der Waals surface area (Å²) < 4.78 is 5.44. The molecule has 0 radical (unpaired) electrons. The Morgan fingerprint density at radius 3 is 2.53 bits per heavy atom. The van der Waals surface area contributed by atoms with Crippen molar-refractivity contribution in [2.45, 2.75) is 20.8 Å². The van der Waals surface area contributed by atoms with Crippen molar-refractivity contribution in [3.05, 3.63) is 22.6 Å². The van der Waals surface area contributed by atoms with E-state index < -0.39 is 0 Å². The molecule has 1 aromatic rings. The monoisotopic (exact) mass is 236 g/mol. The summed E-state index contributed by atoms with van der Waals surface area (Å²) in [6.45, 7) is 6.66. The number of piperazine rings is 1. The van der Waals surface area contributed by atoms with E-state index in [1.807, 2.05) is 13.8 Å². The maximum atomic E-state index is 12.3. The fourth-order valence-corrected chi connectivity index (χ4v) is 2.08. The molecule has 1 aromatic heterocycles. The third kappa shape index (κ3) is 2.05. The van der Waals surface area contributed by atoms with Gasteiger partial charge >= 0.3 is 0 Å². The lowest BCUT2D eigenvalue weighted by molar-refractivity contribution is -0.123. The van der Waals surface area contributed by atoms with Crippen LogP contribution in [0.3, 0.4) is 0 Å². The van der Waals surface area contributed by atoms with Gasteiger partial charge in [0.2, 0.25) is 5.91 Å². The number of hydrogen-bond donors (Lipinski definition) is 1. The van der Waals surface area contributed by atoms with Crippen LogP contribution in [0.5, 0.6) is 0 Å². The van der Waals surface area contributed by atoms with Crippen molar-refractivity contribution in [3.8, 4) is 0 Å². The van der Waals surface area contributed by atoms with E-state index >= 15 is 0 Å². The molecule has 0 aromatic carbocycles. The predicted octanol–water partition coefficient (Wildman–Crippen LogP) is 0.777. The maximum Gasteiger partial charge on any atom is 0.258 e. The van der Waals surface area contributed by atoms with Gasteiger partial charge in [0.25, 0.3) is 5.91 Å². The Morgan fingerprint density at radius 2 is 2.00 bits per heavy atom. The van der Waals surface area contributed by atoms with Crippen molar-refractivity contribution < 1.29 is 14.0 Å². The molecule has 92 valence electrons. The molecule has 0 atom stereocenters. The molecule has 17 heavy (non-hydrogen) atoms. The molecule has 5 heteroatoms. The lowest BCUT2D eigenvalue weighted by atomic mass is 10.1. The number of amides is 2. The van der Waals surface area contributed by atoms with E-state index in [0.29, 0.717) is 24.4 Å². The van der Waals surface area contributed by atoms with E-state index in [9.17, 15) is 9.59 Å². The van der Waals surface area contributed by atoms with Crippen LogP contribution in [0.1, 0.15) is 27.4 Å². The number of furan rings is 1. The molecular formula is C12H16N2O3. The Hall–Kier alpha value is -1.78. The van der Waals surface area contributed by atoms with Crippen molar-refractivity contribution >= 4 is 11.8 Å². The van der Waals surface area contributed by atoms with Gasteiger partial charge in [-0.1, -0.05) is 0 Å². The minimum atomic E-state index is -0.119. The SMILES string of the molecule is Cc1oc(C)c(C(=O)N2CCNC(=O)C2)c1C. The highest BCUT2D eigenvalue weighted by Gasteiger charge is 2.27. The zero-order valence-corrected chi connectivity index (χ0v) is 10.3. The first-order chi connectivity index (χ1) is 8.00. The van der Waals surface area contributed by atoms with E-state index in [1.54, 1.807) is 11.8 Å². The Labute approximate surface area is 99.8 Å². The van der Waals surface area contributed by atoms with E-state index in [4.69, 9.17) is 4.42 Å². The molecule has 1 N–H and O–H groups in total. The van der Waals surface area contributed by atoms with Crippen molar-refractivity contribution in [2.24, 2.45) is 0 Å². The zero-order valence-electron chi connectivity index (χ0n) is 10.3. The molecule has 1 fully saturated rings. The molecule has 2 heterocycles. The van der Waals surface area contributed by atoms with Crippen LogP contribution in [-0.4, -0.2) is 36.3 Å². The third-order valence-corrected chi connectivity index (χ3v) is 3.10. The molecule has 0 bridgehead atoms. The number of carbonyl (C=O) groups excluding carboxylic acids is 2. The first-order valence-electron chi connectivity index (χ1n) is 5.63. The number of rotatable bonds is 1. The molecular weight excluding hydrogens is 220 g/mol. The van der Waals surface area contributed by atoms with Gasteiger partial charge in [0.15, 0.2) is 0 Å². The minimum absolute atomic E-state index is 0.111. The van der Waals surface area contributed by atoms with E-state index in [-0.39, 0.29) is 18.4 Å². The van der Waals surface area contributed by atoms with E-state index in [2.05, 4.69) is 5.32 Å². The van der Waals surface area contributed by atoms with Crippen LogP contribution >= 0.6 is 0 Å². The average molecular weight is 236 g/mol. The average Bonchev–Trinajstić information content (AvgIpc) is 2.52. The van der Waals surface area contributed by atoms with Crippen LogP contribution < -0.4 is 5.32 Å². The highest BCUT2D eigenvalue weighted by Crippen LogP contribution is 2.22. The number of carbonyl (C=O) groups is 2. The summed E-state index contributed by atoms with van der Waals surface area (Å²) in [4.78, 5) is 25.1. The first-order valence-corrected chi connectivity index (χ1v) is 5.63. The van der Waals surface area contributed by atoms with Gasteiger partial charge in [-0.15, -0.1) is 0 Å². The van der Waals surface area contributed by atoms with Crippen LogP contribution in [0.25, 0.3) is 0 Å². The second-order valence-corrected chi connectivity index (χ2v) is 4.29. The van der Waals surface area contributed by atoms with Crippen molar-refractivity contribution in [1.82, 2.24) is 10.2 Å². The molecule has 2 amide bonds. The number of nitrogens with one attached hydrogen (secondary N) is 1. The molecule has 2 rings (SSSR count). The lowest BCUT2D eigenvalue weighted by Gasteiger charge is -2.26. The predicted molar refractivity (Wildman–Crippen MR) is 61.8 cm³/mol. The van der Waals surface area contributed by atoms with Crippen LogP contribution in [-0.2, 0) is 4.79 Å². The fourth-order valence-electron chi connectivity index (χ4n) is 2.08. The highest BCUT2D eigenvalue weighted by atomic mass is 16.3. The van der Waals surface area contributed by atoms with Gasteiger partial charge in [0.05, 0.1) is 12.1 Å². The second kappa shape index (κ2) is 4.24. The Morgan fingerprint density at radius 1 is 1.29 bits per heavy atom. The fraction of sp³-hybridized carbons (Fsp3) is 0.500.